The van der Waals surface area contributed by atoms with Crippen LogP contribution in [0.5, 0.6) is 0 Å². The van der Waals surface area contributed by atoms with E-state index in [4.69, 9.17) is 11.6 Å². The summed E-state index contributed by atoms with van der Waals surface area (Å²) in [6.45, 7) is 6.16. The Balaban J connectivity index is 2.36. The van der Waals surface area contributed by atoms with Gasteiger partial charge in [-0.3, -0.25) is 4.79 Å². The number of hydrogen-bond acceptors (Lipinski definition) is 1. The summed E-state index contributed by atoms with van der Waals surface area (Å²) in [5.41, 5.74) is 1.80. The van der Waals surface area contributed by atoms with Crippen LogP contribution in [0.1, 0.15) is 42.3 Å². The molecule has 3 heteroatoms. The quantitative estimate of drug-likeness (QED) is 0.712. The molecule has 0 aliphatic rings. The summed E-state index contributed by atoms with van der Waals surface area (Å²) >= 11 is 5.76. The van der Waals surface area contributed by atoms with Crippen LogP contribution in [-0.4, -0.2) is 5.78 Å². The van der Waals surface area contributed by atoms with Crippen molar-refractivity contribution in [2.24, 2.45) is 0 Å². The average Bonchev–Trinajstić information content (AvgIpc) is 2.43. The van der Waals surface area contributed by atoms with E-state index in [0.29, 0.717) is 11.1 Å². The van der Waals surface area contributed by atoms with Crippen molar-refractivity contribution in [3.05, 3.63) is 70.0 Å². The van der Waals surface area contributed by atoms with Gasteiger partial charge >= 0.3 is 0 Å². The molecule has 0 aliphatic heterocycles. The maximum atomic E-state index is 13.9. The van der Waals surface area contributed by atoms with Gasteiger partial charge in [0.25, 0.3) is 0 Å². The number of Topliss-reactive ketones (excluding diaryl/α,β-unsaturated/α-hetero) is 1. The van der Waals surface area contributed by atoms with Gasteiger partial charge in [0.2, 0.25) is 0 Å². The number of benzene rings is 2. The molecule has 0 saturated carbocycles. The van der Waals surface area contributed by atoms with Crippen molar-refractivity contribution in [3.8, 4) is 0 Å². The highest BCUT2D eigenvalue weighted by molar-refractivity contribution is 6.30. The summed E-state index contributed by atoms with van der Waals surface area (Å²) < 4.78 is 13.9. The van der Waals surface area contributed by atoms with Crippen LogP contribution in [-0.2, 0) is 11.8 Å². The third kappa shape index (κ3) is 3.51. The van der Waals surface area contributed by atoms with E-state index >= 15 is 0 Å². The maximum absolute atomic E-state index is 13.9. The van der Waals surface area contributed by atoms with Crippen LogP contribution in [0.2, 0.25) is 5.02 Å². The molecule has 2 rings (SSSR count). The van der Waals surface area contributed by atoms with Gasteiger partial charge in [-0.05, 0) is 22.6 Å². The SMILES string of the molecule is CC(C)(C)c1ccccc1C(=O)Cc1cccc(Cl)c1F. The molecule has 0 aromatic heterocycles. The van der Waals surface area contributed by atoms with Gasteiger partial charge in [-0.15, -0.1) is 0 Å². The minimum absolute atomic E-state index is 0.0134. The first-order chi connectivity index (χ1) is 9.80. The van der Waals surface area contributed by atoms with Crippen molar-refractivity contribution in [2.75, 3.05) is 0 Å². The summed E-state index contributed by atoms with van der Waals surface area (Å²) in [5, 5.41) is 0.0457. The van der Waals surface area contributed by atoms with Crippen molar-refractivity contribution in [1.82, 2.24) is 0 Å². The summed E-state index contributed by atoms with van der Waals surface area (Å²) in [6, 6.07) is 12.2. The smallest absolute Gasteiger partial charge is 0.167 e. The normalized spacial score (nSPS) is 11.5. The fourth-order valence-corrected chi connectivity index (χ4v) is 2.53. The number of carbonyl (C=O) groups is 1. The Labute approximate surface area is 129 Å². The Kier molecular flexibility index (Phi) is 4.48. The fraction of sp³-hybridized carbons (Fsp3) is 0.278. The molecule has 2 aromatic carbocycles. The zero-order chi connectivity index (χ0) is 15.6. The molecule has 110 valence electrons. The second-order valence-electron chi connectivity index (χ2n) is 6.11. The maximum Gasteiger partial charge on any atom is 0.167 e. The third-order valence-corrected chi connectivity index (χ3v) is 3.71. The van der Waals surface area contributed by atoms with Crippen LogP contribution in [0, 0.1) is 5.82 Å². The molecule has 0 radical (unpaired) electrons. The number of halogens is 2. The predicted octanol–water partition coefficient (Wildman–Crippen LogP) is 5.20. The lowest BCUT2D eigenvalue weighted by molar-refractivity contribution is 0.0989. The Hall–Kier alpha value is -1.67. The lowest BCUT2D eigenvalue weighted by atomic mass is 9.82. The molecule has 0 fully saturated rings. The molecule has 0 aliphatic carbocycles. The topological polar surface area (TPSA) is 17.1 Å². The molecular weight excluding hydrogens is 287 g/mol. The fourth-order valence-electron chi connectivity index (χ4n) is 2.33. The zero-order valence-corrected chi connectivity index (χ0v) is 13.2. The van der Waals surface area contributed by atoms with Gasteiger partial charge in [-0.2, -0.15) is 0 Å². The van der Waals surface area contributed by atoms with E-state index in [0.717, 1.165) is 5.56 Å². The second kappa shape index (κ2) is 5.98. The second-order valence-corrected chi connectivity index (χ2v) is 6.52. The van der Waals surface area contributed by atoms with E-state index in [2.05, 4.69) is 20.8 Å². The molecule has 0 unspecified atom stereocenters. The molecule has 1 nitrogen and oxygen atoms in total. The first-order valence-corrected chi connectivity index (χ1v) is 7.24. The molecule has 0 spiro atoms. The molecule has 21 heavy (non-hydrogen) atoms. The minimum Gasteiger partial charge on any atom is -0.294 e. The largest absolute Gasteiger partial charge is 0.294 e. The van der Waals surface area contributed by atoms with Crippen LogP contribution in [0.25, 0.3) is 0 Å². The van der Waals surface area contributed by atoms with E-state index < -0.39 is 5.82 Å². The van der Waals surface area contributed by atoms with Crippen LogP contribution >= 0.6 is 11.6 Å². The van der Waals surface area contributed by atoms with Gasteiger partial charge in [0.15, 0.2) is 5.78 Å². The average molecular weight is 305 g/mol. The van der Waals surface area contributed by atoms with Gasteiger partial charge in [-0.25, -0.2) is 4.39 Å². The van der Waals surface area contributed by atoms with Crippen molar-refractivity contribution in [1.29, 1.82) is 0 Å². The van der Waals surface area contributed by atoms with E-state index in [-0.39, 0.29) is 22.6 Å². The Morgan fingerprint density at radius 1 is 1.10 bits per heavy atom. The Bertz CT molecular complexity index is 671. The number of carbonyl (C=O) groups excluding carboxylic acids is 1. The highest BCUT2D eigenvalue weighted by atomic mass is 35.5. The lowest BCUT2D eigenvalue weighted by Gasteiger charge is -2.22. The number of hydrogen-bond donors (Lipinski definition) is 0. The van der Waals surface area contributed by atoms with Gasteiger partial charge < -0.3 is 0 Å². The summed E-state index contributed by atoms with van der Waals surface area (Å²) in [4.78, 5) is 12.5. The number of rotatable bonds is 3. The molecular formula is C18H18ClFO. The predicted molar refractivity (Wildman–Crippen MR) is 84.6 cm³/mol. The highest BCUT2D eigenvalue weighted by Gasteiger charge is 2.22. The third-order valence-electron chi connectivity index (χ3n) is 3.42. The van der Waals surface area contributed by atoms with E-state index in [1.165, 1.54) is 6.07 Å². The molecule has 0 heterocycles. The summed E-state index contributed by atoms with van der Waals surface area (Å²) in [6.07, 6.45) is 0.0134. The molecule has 2 aromatic rings. The Morgan fingerprint density at radius 3 is 2.43 bits per heavy atom. The Morgan fingerprint density at radius 2 is 1.76 bits per heavy atom. The minimum atomic E-state index is -0.513. The standard InChI is InChI=1S/C18H18ClFO/c1-18(2,3)14-9-5-4-8-13(14)16(21)11-12-7-6-10-15(19)17(12)20/h4-10H,11H2,1-3H3. The van der Waals surface area contributed by atoms with Crippen molar-refractivity contribution in [3.63, 3.8) is 0 Å². The van der Waals surface area contributed by atoms with Crippen LogP contribution in [0.4, 0.5) is 4.39 Å². The monoisotopic (exact) mass is 304 g/mol. The lowest BCUT2D eigenvalue weighted by Crippen LogP contribution is -2.18. The molecule has 0 saturated heterocycles. The van der Waals surface area contributed by atoms with Crippen LogP contribution in [0.3, 0.4) is 0 Å². The van der Waals surface area contributed by atoms with Crippen LogP contribution < -0.4 is 0 Å². The van der Waals surface area contributed by atoms with Crippen LogP contribution in [0.15, 0.2) is 42.5 Å². The van der Waals surface area contributed by atoms with Crippen molar-refractivity contribution >= 4 is 17.4 Å². The molecule has 0 atom stereocenters. The van der Waals surface area contributed by atoms with Gasteiger partial charge in [-0.1, -0.05) is 68.8 Å². The molecule has 0 amide bonds. The van der Waals surface area contributed by atoms with Gasteiger partial charge in [0.1, 0.15) is 5.82 Å². The van der Waals surface area contributed by atoms with E-state index in [9.17, 15) is 9.18 Å². The van der Waals surface area contributed by atoms with Crippen molar-refractivity contribution < 1.29 is 9.18 Å². The number of ketones is 1. The van der Waals surface area contributed by atoms with E-state index in [1.54, 1.807) is 18.2 Å². The van der Waals surface area contributed by atoms with Crippen molar-refractivity contribution in [2.45, 2.75) is 32.6 Å². The van der Waals surface area contributed by atoms with E-state index in [1.807, 2.05) is 18.2 Å². The highest BCUT2D eigenvalue weighted by Crippen LogP contribution is 2.27. The summed E-state index contributed by atoms with van der Waals surface area (Å²) in [7, 11) is 0. The first-order valence-electron chi connectivity index (χ1n) is 6.86. The van der Waals surface area contributed by atoms with Gasteiger partial charge in [0, 0.05) is 12.0 Å². The summed E-state index contributed by atoms with van der Waals surface area (Å²) in [5.74, 6) is -0.609. The molecule has 0 bridgehead atoms. The molecule has 0 N–H and O–H groups in total. The van der Waals surface area contributed by atoms with Gasteiger partial charge in [0.05, 0.1) is 5.02 Å². The zero-order valence-electron chi connectivity index (χ0n) is 12.4. The first kappa shape index (κ1) is 15.7.